The monoisotopic (exact) mass is 434 g/mol. The molecule has 0 bridgehead atoms. The molecule has 2 N–H and O–H groups in total. The van der Waals surface area contributed by atoms with E-state index in [1.165, 1.54) is 0 Å². The predicted octanol–water partition coefficient (Wildman–Crippen LogP) is 7.78. The van der Waals surface area contributed by atoms with Crippen molar-refractivity contribution < 1.29 is 14.6 Å². The Kier molecular flexibility index (Phi) is 6.43. The van der Waals surface area contributed by atoms with E-state index in [2.05, 4.69) is 0 Å². The van der Waals surface area contributed by atoms with Gasteiger partial charge >= 0.3 is 0 Å². The molecule has 4 aromatic carbocycles. The number of phenolic OH excluding ortho intramolecular Hbond substituents is 1. The van der Waals surface area contributed by atoms with Crippen molar-refractivity contribution in [3.05, 3.63) is 115 Å². The smallest absolute Gasteiger partial charge is 0.143 e. The first-order chi connectivity index (χ1) is 15.8. The molecule has 3 heteroatoms. The van der Waals surface area contributed by atoms with Gasteiger partial charge in [-0.15, -0.1) is 0 Å². The Morgan fingerprint density at radius 1 is 0.576 bits per heavy atom. The third-order valence-electron chi connectivity index (χ3n) is 5.59. The van der Waals surface area contributed by atoms with E-state index >= 15 is 0 Å². The molecule has 5 aromatic rings. The van der Waals surface area contributed by atoms with E-state index in [0.717, 1.165) is 44.7 Å². The molecule has 0 aliphatic heterocycles. The van der Waals surface area contributed by atoms with Crippen LogP contribution in [0.25, 0.3) is 44.9 Å². The molecule has 0 spiro atoms. The fraction of sp³-hybridized carbons (Fsp3) is 0.0667. The van der Waals surface area contributed by atoms with Gasteiger partial charge in [0.25, 0.3) is 0 Å². The number of phenols is 1. The van der Waals surface area contributed by atoms with Crippen molar-refractivity contribution >= 4 is 0 Å². The molecule has 0 aliphatic rings. The number of benzene rings is 4. The molecule has 0 radical (unpaired) electrons. The molecule has 0 unspecified atom stereocenters. The van der Waals surface area contributed by atoms with Gasteiger partial charge in [-0.3, -0.25) is 0 Å². The Morgan fingerprint density at radius 3 is 1.79 bits per heavy atom. The first-order valence-electron chi connectivity index (χ1n) is 10.5. The number of furan rings is 1. The van der Waals surface area contributed by atoms with E-state index in [1.807, 2.05) is 97.1 Å². The van der Waals surface area contributed by atoms with Gasteiger partial charge in [0.05, 0.1) is 6.61 Å². The highest BCUT2D eigenvalue weighted by Gasteiger charge is 2.24. The van der Waals surface area contributed by atoms with Gasteiger partial charge in [-0.25, -0.2) is 0 Å². The van der Waals surface area contributed by atoms with E-state index in [0.29, 0.717) is 5.76 Å². The first-order valence-corrected chi connectivity index (χ1v) is 10.5. The van der Waals surface area contributed by atoms with Gasteiger partial charge in [0.1, 0.15) is 17.3 Å². The lowest BCUT2D eigenvalue weighted by Crippen LogP contribution is -1.91. The van der Waals surface area contributed by atoms with E-state index in [-0.39, 0.29) is 19.8 Å². The summed E-state index contributed by atoms with van der Waals surface area (Å²) in [6.07, 6.45) is 0. The summed E-state index contributed by atoms with van der Waals surface area (Å²) in [5, 5.41) is 20.5. The Bertz CT molecular complexity index is 1350. The topological polar surface area (TPSA) is 53.6 Å². The summed E-state index contributed by atoms with van der Waals surface area (Å²) in [5.74, 6) is 1.56. The zero-order valence-electron chi connectivity index (χ0n) is 17.4. The number of aliphatic hydroxyl groups is 1. The Labute approximate surface area is 194 Å². The fourth-order valence-electron chi connectivity index (χ4n) is 4.14. The highest BCUT2D eigenvalue weighted by atomic mass is 16.3. The highest BCUT2D eigenvalue weighted by molar-refractivity contribution is 5.91. The minimum atomic E-state index is -0.162. The van der Waals surface area contributed by atoms with Crippen LogP contribution in [0, 0.1) is 0 Å². The van der Waals surface area contributed by atoms with Gasteiger partial charge in [-0.05, 0) is 28.8 Å². The second kappa shape index (κ2) is 9.60. The van der Waals surface area contributed by atoms with Crippen molar-refractivity contribution in [2.24, 2.45) is 0 Å². The lowest BCUT2D eigenvalue weighted by Gasteiger charge is -2.10. The van der Waals surface area contributed by atoms with E-state index < -0.39 is 0 Å². The minimum Gasteiger partial charge on any atom is -0.508 e. The van der Waals surface area contributed by atoms with Crippen molar-refractivity contribution in [1.29, 1.82) is 0 Å². The summed E-state index contributed by atoms with van der Waals surface area (Å²) >= 11 is 0. The maximum absolute atomic E-state index is 10.5. The standard InChI is InChI=1S/C29H22O3.CH4/c30-19-26-27(20-10-3-1-4-11-20)28(21-12-5-2-6-13-21)32-29(26)25-17-8-7-16-24(25)22-14-9-15-23(31)18-22;/h1-18,30-31H,19H2;1H4. The second-order valence-electron chi connectivity index (χ2n) is 7.60. The number of hydrogen-bond donors (Lipinski definition) is 2. The van der Waals surface area contributed by atoms with Crippen LogP contribution in [0.15, 0.2) is 114 Å². The quantitative estimate of drug-likeness (QED) is 0.297. The fourth-order valence-corrected chi connectivity index (χ4v) is 4.14. The molecule has 0 aliphatic carbocycles. The predicted molar refractivity (Wildman–Crippen MR) is 135 cm³/mol. The van der Waals surface area contributed by atoms with Gasteiger partial charge in [0.2, 0.25) is 0 Å². The lowest BCUT2D eigenvalue weighted by atomic mass is 9.93. The first kappa shape index (κ1) is 22.1. The van der Waals surface area contributed by atoms with E-state index in [1.54, 1.807) is 12.1 Å². The zero-order valence-corrected chi connectivity index (χ0v) is 17.4. The molecule has 0 saturated heterocycles. The molecule has 5 rings (SSSR count). The van der Waals surface area contributed by atoms with Crippen molar-refractivity contribution in [2.45, 2.75) is 14.0 Å². The van der Waals surface area contributed by atoms with Crippen LogP contribution in [-0.2, 0) is 6.61 Å². The third-order valence-corrected chi connectivity index (χ3v) is 5.59. The van der Waals surface area contributed by atoms with Gasteiger partial charge in [-0.2, -0.15) is 0 Å². The normalized spacial score (nSPS) is 10.6. The SMILES string of the molecule is C.OCc1c(-c2ccccc2-c2cccc(O)c2)oc(-c2ccccc2)c1-c1ccccc1. The molecule has 0 atom stereocenters. The Morgan fingerprint density at radius 2 is 1.15 bits per heavy atom. The van der Waals surface area contributed by atoms with Crippen molar-refractivity contribution in [1.82, 2.24) is 0 Å². The van der Waals surface area contributed by atoms with Crippen LogP contribution >= 0.6 is 0 Å². The molecule has 0 amide bonds. The van der Waals surface area contributed by atoms with E-state index in [4.69, 9.17) is 4.42 Å². The van der Waals surface area contributed by atoms with Crippen LogP contribution in [0.2, 0.25) is 0 Å². The lowest BCUT2D eigenvalue weighted by molar-refractivity contribution is 0.282. The van der Waals surface area contributed by atoms with E-state index in [9.17, 15) is 10.2 Å². The second-order valence-corrected chi connectivity index (χ2v) is 7.60. The number of hydrogen-bond acceptors (Lipinski definition) is 3. The van der Waals surface area contributed by atoms with Crippen LogP contribution in [0.5, 0.6) is 5.75 Å². The molecule has 33 heavy (non-hydrogen) atoms. The molecule has 3 nitrogen and oxygen atoms in total. The molecule has 0 fully saturated rings. The summed E-state index contributed by atoms with van der Waals surface area (Å²) in [7, 11) is 0. The van der Waals surface area contributed by atoms with Gasteiger partial charge in [0, 0.05) is 22.3 Å². The number of aromatic hydroxyl groups is 1. The third kappa shape index (κ3) is 4.19. The maximum atomic E-state index is 10.5. The molecule has 0 saturated carbocycles. The van der Waals surface area contributed by atoms with Gasteiger partial charge in [0.15, 0.2) is 0 Å². The van der Waals surface area contributed by atoms with Crippen molar-refractivity contribution in [3.63, 3.8) is 0 Å². The molecule has 1 heterocycles. The molecular formula is C30H26O3. The number of rotatable bonds is 5. The van der Waals surface area contributed by atoms with Crippen LogP contribution in [0.3, 0.4) is 0 Å². The Balaban J connectivity index is 0.00000259. The summed E-state index contributed by atoms with van der Waals surface area (Å²) in [5.41, 5.74) is 6.22. The molecule has 164 valence electrons. The molecule has 1 aromatic heterocycles. The van der Waals surface area contributed by atoms with Gasteiger partial charge in [-0.1, -0.05) is 104 Å². The maximum Gasteiger partial charge on any atom is 0.143 e. The van der Waals surface area contributed by atoms with Crippen LogP contribution in [0.1, 0.15) is 13.0 Å². The largest absolute Gasteiger partial charge is 0.508 e. The minimum absolute atomic E-state index is 0. The van der Waals surface area contributed by atoms with Crippen LogP contribution in [-0.4, -0.2) is 10.2 Å². The highest BCUT2D eigenvalue weighted by Crippen LogP contribution is 2.45. The van der Waals surface area contributed by atoms with Gasteiger partial charge < -0.3 is 14.6 Å². The van der Waals surface area contributed by atoms with Crippen molar-refractivity contribution in [3.8, 4) is 50.7 Å². The average Bonchev–Trinajstić information content (AvgIpc) is 3.25. The molecular weight excluding hydrogens is 408 g/mol. The van der Waals surface area contributed by atoms with Crippen molar-refractivity contribution in [2.75, 3.05) is 0 Å². The summed E-state index contributed by atoms with van der Waals surface area (Å²) in [6.45, 7) is -0.162. The zero-order chi connectivity index (χ0) is 21.9. The number of aliphatic hydroxyl groups excluding tert-OH is 1. The summed E-state index contributed by atoms with van der Waals surface area (Å²) in [6, 6.07) is 35.0. The van der Waals surface area contributed by atoms with Crippen LogP contribution < -0.4 is 0 Å². The average molecular weight is 435 g/mol. The Hall–Kier alpha value is -4.08. The summed E-state index contributed by atoms with van der Waals surface area (Å²) < 4.78 is 6.53. The summed E-state index contributed by atoms with van der Waals surface area (Å²) in [4.78, 5) is 0. The van der Waals surface area contributed by atoms with Crippen LogP contribution in [0.4, 0.5) is 0 Å².